The SMILES string of the molecule is CC[C@@]1(c2ccccc2)NC(=O)N(NC(=O)CN(C)Cc2c(C)nn(-c3ccccc3)c2C)C1=O. The van der Waals surface area contributed by atoms with Gasteiger partial charge in [-0.2, -0.15) is 10.1 Å². The van der Waals surface area contributed by atoms with E-state index in [1.54, 1.807) is 12.1 Å². The van der Waals surface area contributed by atoms with Crippen molar-refractivity contribution in [3.8, 4) is 5.69 Å². The first-order valence-electron chi connectivity index (χ1n) is 11.6. The number of aromatic nitrogens is 2. The summed E-state index contributed by atoms with van der Waals surface area (Å²) in [6.45, 7) is 6.25. The summed E-state index contributed by atoms with van der Waals surface area (Å²) in [6, 6.07) is 18.3. The Morgan fingerprint density at radius 3 is 2.31 bits per heavy atom. The smallest absolute Gasteiger partial charge is 0.318 e. The van der Waals surface area contributed by atoms with Gasteiger partial charge in [0.1, 0.15) is 5.54 Å². The zero-order valence-electron chi connectivity index (χ0n) is 20.4. The minimum atomic E-state index is -1.20. The van der Waals surface area contributed by atoms with Crippen LogP contribution in [0.4, 0.5) is 4.79 Å². The van der Waals surface area contributed by atoms with Crippen LogP contribution in [0.2, 0.25) is 0 Å². The maximum absolute atomic E-state index is 13.2. The first-order valence-corrected chi connectivity index (χ1v) is 11.6. The highest BCUT2D eigenvalue weighted by Crippen LogP contribution is 2.31. The van der Waals surface area contributed by atoms with Crippen LogP contribution in [0, 0.1) is 13.8 Å². The number of para-hydroxylation sites is 1. The van der Waals surface area contributed by atoms with E-state index >= 15 is 0 Å². The topological polar surface area (TPSA) is 99.6 Å². The number of hydrazine groups is 1. The maximum Gasteiger partial charge on any atom is 0.344 e. The molecule has 4 amide bonds. The minimum absolute atomic E-state index is 0.00306. The Morgan fingerprint density at radius 2 is 1.69 bits per heavy atom. The van der Waals surface area contributed by atoms with Crippen LogP contribution in [0.5, 0.6) is 0 Å². The Balaban J connectivity index is 1.43. The number of aryl methyl sites for hydroxylation is 1. The van der Waals surface area contributed by atoms with Gasteiger partial charge >= 0.3 is 6.03 Å². The minimum Gasteiger partial charge on any atom is -0.318 e. The lowest BCUT2D eigenvalue weighted by molar-refractivity contribution is -0.139. The molecular weight excluding hydrogens is 444 g/mol. The number of benzene rings is 2. The third kappa shape index (κ3) is 4.54. The van der Waals surface area contributed by atoms with Crippen LogP contribution in [0.3, 0.4) is 0 Å². The maximum atomic E-state index is 13.2. The van der Waals surface area contributed by atoms with Crippen molar-refractivity contribution in [2.75, 3.05) is 13.6 Å². The molecule has 0 saturated carbocycles. The van der Waals surface area contributed by atoms with Gasteiger partial charge in [-0.15, -0.1) is 0 Å². The van der Waals surface area contributed by atoms with Gasteiger partial charge in [0.05, 0.1) is 17.9 Å². The Hall–Kier alpha value is -3.98. The molecule has 2 aromatic carbocycles. The third-order valence-electron chi connectivity index (χ3n) is 6.41. The molecule has 1 saturated heterocycles. The molecule has 1 aliphatic rings. The van der Waals surface area contributed by atoms with E-state index in [9.17, 15) is 14.4 Å². The van der Waals surface area contributed by atoms with E-state index in [0.29, 0.717) is 18.5 Å². The molecule has 1 fully saturated rings. The van der Waals surface area contributed by atoms with Crippen molar-refractivity contribution < 1.29 is 14.4 Å². The first-order chi connectivity index (χ1) is 16.8. The number of carbonyl (C=O) groups is 3. The van der Waals surface area contributed by atoms with E-state index in [0.717, 1.165) is 27.6 Å². The van der Waals surface area contributed by atoms with Crippen LogP contribution in [0.15, 0.2) is 60.7 Å². The largest absolute Gasteiger partial charge is 0.344 e. The highest BCUT2D eigenvalue weighted by Gasteiger charge is 2.52. The molecule has 3 aromatic rings. The molecule has 182 valence electrons. The van der Waals surface area contributed by atoms with Crippen molar-refractivity contribution in [3.63, 3.8) is 0 Å². The number of amides is 4. The molecule has 0 spiro atoms. The molecule has 9 nitrogen and oxygen atoms in total. The van der Waals surface area contributed by atoms with E-state index in [4.69, 9.17) is 0 Å². The predicted molar refractivity (Wildman–Crippen MR) is 131 cm³/mol. The van der Waals surface area contributed by atoms with E-state index in [-0.39, 0.29) is 6.54 Å². The second-order valence-corrected chi connectivity index (χ2v) is 8.80. The van der Waals surface area contributed by atoms with E-state index in [1.165, 1.54) is 0 Å². The van der Waals surface area contributed by atoms with Gasteiger partial charge in [-0.3, -0.25) is 19.9 Å². The summed E-state index contributed by atoms with van der Waals surface area (Å²) in [7, 11) is 1.81. The molecule has 0 radical (unpaired) electrons. The van der Waals surface area contributed by atoms with Gasteiger partial charge in [0, 0.05) is 17.8 Å². The molecule has 9 heteroatoms. The highest BCUT2D eigenvalue weighted by molar-refractivity contribution is 6.08. The molecule has 2 heterocycles. The number of carbonyl (C=O) groups excluding carboxylic acids is 3. The molecule has 1 aromatic heterocycles. The molecule has 35 heavy (non-hydrogen) atoms. The fraction of sp³-hybridized carbons (Fsp3) is 0.308. The molecule has 0 aliphatic carbocycles. The van der Waals surface area contributed by atoms with Crippen LogP contribution in [0.1, 0.15) is 35.9 Å². The van der Waals surface area contributed by atoms with Crippen molar-refractivity contribution in [2.45, 2.75) is 39.3 Å². The van der Waals surface area contributed by atoms with Gasteiger partial charge in [-0.1, -0.05) is 55.5 Å². The van der Waals surface area contributed by atoms with Crippen LogP contribution in [0.25, 0.3) is 5.69 Å². The van der Waals surface area contributed by atoms with Crippen molar-refractivity contribution >= 4 is 17.8 Å². The summed E-state index contributed by atoms with van der Waals surface area (Å²) < 4.78 is 1.89. The molecule has 1 aliphatic heterocycles. The number of nitrogens with one attached hydrogen (secondary N) is 2. The monoisotopic (exact) mass is 474 g/mol. The lowest BCUT2D eigenvalue weighted by Gasteiger charge is -2.25. The lowest BCUT2D eigenvalue weighted by Crippen LogP contribution is -2.50. The quantitative estimate of drug-likeness (QED) is 0.489. The summed E-state index contributed by atoms with van der Waals surface area (Å²) in [4.78, 5) is 40.4. The zero-order valence-corrected chi connectivity index (χ0v) is 20.4. The van der Waals surface area contributed by atoms with Crippen molar-refractivity contribution in [3.05, 3.63) is 83.2 Å². The van der Waals surface area contributed by atoms with Gasteiger partial charge in [0.2, 0.25) is 0 Å². The predicted octanol–water partition coefficient (Wildman–Crippen LogP) is 2.81. The molecule has 4 rings (SSSR count). The number of hydrogen-bond donors (Lipinski definition) is 2. The lowest BCUT2D eigenvalue weighted by atomic mass is 9.87. The van der Waals surface area contributed by atoms with Crippen LogP contribution < -0.4 is 10.7 Å². The van der Waals surface area contributed by atoms with Crippen molar-refractivity contribution in [1.82, 2.24) is 30.4 Å². The molecule has 2 N–H and O–H groups in total. The van der Waals surface area contributed by atoms with Gasteiger partial charge in [-0.05, 0) is 45.0 Å². The van der Waals surface area contributed by atoms with Gasteiger partial charge < -0.3 is 5.32 Å². The summed E-state index contributed by atoms with van der Waals surface area (Å²) in [5, 5.41) is 8.20. The summed E-state index contributed by atoms with van der Waals surface area (Å²) in [6.07, 6.45) is 0.359. The average molecular weight is 475 g/mol. The normalized spacial score (nSPS) is 17.7. The Kier molecular flexibility index (Phi) is 6.70. The van der Waals surface area contributed by atoms with Crippen LogP contribution >= 0.6 is 0 Å². The third-order valence-corrected chi connectivity index (χ3v) is 6.41. The van der Waals surface area contributed by atoms with E-state index in [1.807, 2.05) is 85.9 Å². The molecular formula is C26H30N6O3. The number of likely N-dealkylation sites (N-methyl/N-ethyl adjacent to an activating group) is 1. The fourth-order valence-corrected chi connectivity index (χ4v) is 4.49. The first kappa shape index (κ1) is 24.2. The standard InChI is InChI=1S/C26H30N6O3/c1-5-26(20-12-8-6-9-13-20)24(34)32(25(35)27-26)29-23(33)17-30(4)16-22-18(2)28-31(19(22)3)21-14-10-7-11-15-21/h6-15H,5,16-17H2,1-4H3,(H,27,35)(H,29,33)/t26-/m0/s1. The second-order valence-electron chi connectivity index (χ2n) is 8.80. The van der Waals surface area contributed by atoms with Crippen molar-refractivity contribution in [2.24, 2.45) is 0 Å². The molecule has 0 unspecified atom stereocenters. The Morgan fingerprint density at radius 1 is 1.06 bits per heavy atom. The van der Waals surface area contributed by atoms with Gasteiger partial charge in [0.15, 0.2) is 0 Å². The van der Waals surface area contributed by atoms with Crippen LogP contribution in [-0.4, -0.2) is 51.1 Å². The second kappa shape index (κ2) is 9.71. The summed E-state index contributed by atoms with van der Waals surface area (Å²) in [5.74, 6) is -0.954. The van der Waals surface area contributed by atoms with E-state index in [2.05, 4.69) is 15.8 Å². The number of urea groups is 1. The van der Waals surface area contributed by atoms with Crippen molar-refractivity contribution in [1.29, 1.82) is 0 Å². The summed E-state index contributed by atoms with van der Waals surface area (Å²) >= 11 is 0. The zero-order chi connectivity index (χ0) is 25.2. The Bertz CT molecular complexity index is 1240. The number of imide groups is 1. The average Bonchev–Trinajstić information content (AvgIpc) is 3.28. The van der Waals surface area contributed by atoms with Crippen LogP contribution in [-0.2, 0) is 21.7 Å². The van der Waals surface area contributed by atoms with Gasteiger partial charge in [0.25, 0.3) is 11.8 Å². The highest BCUT2D eigenvalue weighted by atomic mass is 16.2. The van der Waals surface area contributed by atoms with E-state index < -0.39 is 23.4 Å². The number of rotatable bonds is 8. The fourth-order valence-electron chi connectivity index (χ4n) is 4.49. The number of nitrogens with zero attached hydrogens (tertiary/aromatic N) is 4. The molecule has 1 atom stereocenters. The summed E-state index contributed by atoms with van der Waals surface area (Å²) in [5.41, 5.74) is 5.82. The molecule has 0 bridgehead atoms. The number of hydrogen-bond acceptors (Lipinski definition) is 5. The van der Waals surface area contributed by atoms with Gasteiger partial charge in [-0.25, -0.2) is 9.48 Å². The Labute approximate surface area is 204 Å².